The van der Waals surface area contributed by atoms with E-state index in [1.165, 1.54) is 25.7 Å². The Labute approximate surface area is 179 Å². The molecule has 6 heteroatoms. The first-order chi connectivity index (χ1) is 14.4. The molecular formula is C24H31NO4S. The Balaban J connectivity index is 1.59. The molecule has 0 aliphatic heterocycles. The molecule has 2 aromatic rings. The number of ether oxygens (including phenoxy) is 1. The summed E-state index contributed by atoms with van der Waals surface area (Å²) in [7, 11) is -3.69. The summed E-state index contributed by atoms with van der Waals surface area (Å²) in [6.45, 7) is 2.09. The maximum atomic E-state index is 12.9. The third kappa shape index (κ3) is 6.67. The standard InChI is InChI=1S/C24H31NO4S/c1-19-11-14-22(15-12-19)30(27,28)25-23(21-9-3-2-4-10-21)17-18-29-24(26)16-13-20-7-5-6-8-20/h2-4,9-12,14-15,20,23,25H,5-8,13,16-18H2,1H3/t23-/m1/s1. The van der Waals surface area contributed by atoms with E-state index in [9.17, 15) is 13.2 Å². The maximum Gasteiger partial charge on any atom is 0.305 e. The van der Waals surface area contributed by atoms with Crippen LogP contribution in [0.25, 0.3) is 0 Å². The molecule has 0 unspecified atom stereocenters. The Kier molecular flexibility index (Phi) is 8.05. The van der Waals surface area contributed by atoms with Crippen molar-refractivity contribution >= 4 is 16.0 Å². The molecule has 0 heterocycles. The minimum atomic E-state index is -3.69. The SMILES string of the molecule is Cc1ccc(S(=O)(=O)N[C@H](CCOC(=O)CCC2CCCC2)c2ccccc2)cc1. The van der Waals surface area contributed by atoms with E-state index in [2.05, 4.69) is 4.72 Å². The van der Waals surface area contributed by atoms with Crippen LogP contribution in [-0.4, -0.2) is 21.0 Å². The average molecular weight is 430 g/mol. The van der Waals surface area contributed by atoms with E-state index in [-0.39, 0.29) is 17.5 Å². The van der Waals surface area contributed by atoms with Crippen LogP contribution in [0.3, 0.4) is 0 Å². The Morgan fingerprint density at radius 3 is 2.40 bits per heavy atom. The highest BCUT2D eigenvalue weighted by Crippen LogP contribution is 2.28. The van der Waals surface area contributed by atoms with Crippen LogP contribution in [0.5, 0.6) is 0 Å². The van der Waals surface area contributed by atoms with E-state index in [0.29, 0.717) is 18.8 Å². The van der Waals surface area contributed by atoms with Crippen molar-refractivity contribution in [1.29, 1.82) is 0 Å². The van der Waals surface area contributed by atoms with Gasteiger partial charge in [0, 0.05) is 12.8 Å². The zero-order valence-corrected chi connectivity index (χ0v) is 18.4. The van der Waals surface area contributed by atoms with Gasteiger partial charge in [0.2, 0.25) is 10.0 Å². The fraction of sp³-hybridized carbons (Fsp3) is 0.458. The first-order valence-corrected chi connectivity index (χ1v) is 12.2. The van der Waals surface area contributed by atoms with Gasteiger partial charge in [-0.1, -0.05) is 73.7 Å². The first kappa shape index (κ1) is 22.5. The summed E-state index contributed by atoms with van der Waals surface area (Å²) >= 11 is 0. The fourth-order valence-electron chi connectivity index (χ4n) is 3.94. The summed E-state index contributed by atoms with van der Waals surface area (Å²) in [5, 5.41) is 0. The Morgan fingerprint density at radius 2 is 1.73 bits per heavy atom. The number of carbonyl (C=O) groups excluding carboxylic acids is 1. The van der Waals surface area contributed by atoms with Gasteiger partial charge in [-0.05, 0) is 37.0 Å². The van der Waals surface area contributed by atoms with Crippen molar-refractivity contribution < 1.29 is 17.9 Å². The highest BCUT2D eigenvalue weighted by atomic mass is 32.2. The molecule has 3 rings (SSSR count). The predicted octanol–water partition coefficient (Wildman–Crippen LogP) is 4.92. The Hall–Kier alpha value is -2.18. The average Bonchev–Trinajstić information content (AvgIpc) is 3.26. The zero-order valence-electron chi connectivity index (χ0n) is 17.5. The quantitative estimate of drug-likeness (QED) is 0.544. The lowest BCUT2D eigenvalue weighted by Gasteiger charge is -2.19. The zero-order chi connectivity index (χ0) is 21.4. The van der Waals surface area contributed by atoms with Gasteiger partial charge in [0.05, 0.1) is 17.5 Å². The number of sulfonamides is 1. The van der Waals surface area contributed by atoms with Gasteiger partial charge in [-0.15, -0.1) is 0 Å². The third-order valence-corrected chi connectivity index (χ3v) is 7.22. The van der Waals surface area contributed by atoms with Gasteiger partial charge in [-0.25, -0.2) is 13.1 Å². The molecule has 1 saturated carbocycles. The summed E-state index contributed by atoms with van der Waals surface area (Å²) in [5.41, 5.74) is 1.84. The highest BCUT2D eigenvalue weighted by molar-refractivity contribution is 7.89. The van der Waals surface area contributed by atoms with Crippen LogP contribution in [0.2, 0.25) is 0 Å². The van der Waals surface area contributed by atoms with Crippen LogP contribution < -0.4 is 4.72 Å². The number of hydrogen-bond donors (Lipinski definition) is 1. The van der Waals surface area contributed by atoms with Crippen LogP contribution in [0, 0.1) is 12.8 Å². The highest BCUT2D eigenvalue weighted by Gasteiger charge is 2.22. The second-order valence-corrected chi connectivity index (χ2v) is 9.81. The Bertz CT molecular complexity index is 904. The van der Waals surface area contributed by atoms with Crippen molar-refractivity contribution in [1.82, 2.24) is 4.72 Å². The van der Waals surface area contributed by atoms with Crippen molar-refractivity contribution in [2.75, 3.05) is 6.61 Å². The molecule has 1 N–H and O–H groups in total. The fourth-order valence-corrected chi connectivity index (χ4v) is 5.19. The molecule has 0 aromatic heterocycles. The van der Waals surface area contributed by atoms with Gasteiger partial charge in [0.15, 0.2) is 0 Å². The topological polar surface area (TPSA) is 72.5 Å². The lowest BCUT2D eigenvalue weighted by molar-refractivity contribution is -0.144. The number of aryl methyl sites for hydroxylation is 1. The lowest BCUT2D eigenvalue weighted by Crippen LogP contribution is -2.29. The minimum absolute atomic E-state index is 0.180. The van der Waals surface area contributed by atoms with E-state index in [4.69, 9.17) is 4.74 Å². The van der Waals surface area contributed by atoms with Crippen LogP contribution in [0.15, 0.2) is 59.5 Å². The van der Waals surface area contributed by atoms with E-state index < -0.39 is 16.1 Å². The molecule has 0 saturated heterocycles. The van der Waals surface area contributed by atoms with Gasteiger partial charge in [-0.2, -0.15) is 0 Å². The molecule has 30 heavy (non-hydrogen) atoms. The second-order valence-electron chi connectivity index (χ2n) is 8.10. The minimum Gasteiger partial charge on any atom is -0.466 e. The van der Waals surface area contributed by atoms with Gasteiger partial charge < -0.3 is 4.74 Å². The summed E-state index contributed by atoms with van der Waals surface area (Å²) in [4.78, 5) is 12.3. The van der Waals surface area contributed by atoms with Crippen LogP contribution >= 0.6 is 0 Å². The smallest absolute Gasteiger partial charge is 0.305 e. The lowest BCUT2D eigenvalue weighted by atomic mass is 10.0. The normalized spacial score (nSPS) is 15.8. The molecular weight excluding hydrogens is 398 g/mol. The molecule has 0 amide bonds. The molecule has 162 valence electrons. The van der Waals surface area contributed by atoms with Crippen LogP contribution in [0.4, 0.5) is 0 Å². The summed E-state index contributed by atoms with van der Waals surface area (Å²) in [6.07, 6.45) is 6.66. The molecule has 0 bridgehead atoms. The predicted molar refractivity (Wildman–Crippen MR) is 117 cm³/mol. The maximum absolute atomic E-state index is 12.9. The molecule has 1 aliphatic rings. The van der Waals surface area contributed by atoms with Crippen LogP contribution in [0.1, 0.15) is 62.1 Å². The van der Waals surface area contributed by atoms with Gasteiger partial charge in [0.25, 0.3) is 0 Å². The van der Waals surface area contributed by atoms with Crippen molar-refractivity contribution in [3.63, 3.8) is 0 Å². The second kappa shape index (κ2) is 10.7. The molecule has 1 fully saturated rings. The summed E-state index contributed by atoms with van der Waals surface area (Å²) in [6, 6.07) is 15.7. The van der Waals surface area contributed by atoms with E-state index in [1.54, 1.807) is 24.3 Å². The molecule has 0 radical (unpaired) electrons. The monoisotopic (exact) mass is 429 g/mol. The van der Waals surface area contributed by atoms with E-state index in [0.717, 1.165) is 17.5 Å². The van der Waals surface area contributed by atoms with Crippen molar-refractivity contribution in [2.24, 2.45) is 5.92 Å². The van der Waals surface area contributed by atoms with Crippen molar-refractivity contribution in [2.45, 2.75) is 62.8 Å². The third-order valence-electron chi connectivity index (χ3n) is 5.73. The van der Waals surface area contributed by atoms with Crippen molar-refractivity contribution in [3.05, 3.63) is 65.7 Å². The molecule has 1 aliphatic carbocycles. The molecule has 1 atom stereocenters. The van der Waals surface area contributed by atoms with E-state index >= 15 is 0 Å². The number of carbonyl (C=O) groups is 1. The summed E-state index contributed by atoms with van der Waals surface area (Å²) < 4.78 is 33.9. The molecule has 2 aromatic carbocycles. The Morgan fingerprint density at radius 1 is 1.07 bits per heavy atom. The number of nitrogens with one attached hydrogen (secondary N) is 1. The van der Waals surface area contributed by atoms with Gasteiger partial charge >= 0.3 is 5.97 Å². The number of esters is 1. The summed E-state index contributed by atoms with van der Waals surface area (Å²) in [5.74, 6) is 0.450. The van der Waals surface area contributed by atoms with Gasteiger partial charge in [0.1, 0.15) is 0 Å². The number of benzene rings is 2. The molecule has 5 nitrogen and oxygen atoms in total. The number of hydrogen-bond acceptors (Lipinski definition) is 4. The van der Waals surface area contributed by atoms with Crippen molar-refractivity contribution in [3.8, 4) is 0 Å². The van der Waals surface area contributed by atoms with Crippen LogP contribution in [-0.2, 0) is 19.6 Å². The first-order valence-electron chi connectivity index (χ1n) is 10.7. The largest absolute Gasteiger partial charge is 0.466 e. The van der Waals surface area contributed by atoms with Gasteiger partial charge in [-0.3, -0.25) is 4.79 Å². The number of rotatable bonds is 10. The van der Waals surface area contributed by atoms with E-state index in [1.807, 2.05) is 37.3 Å². The molecule has 0 spiro atoms.